The van der Waals surface area contributed by atoms with E-state index in [1.54, 1.807) is 48.5 Å². The molecule has 0 atom stereocenters. The fourth-order valence-corrected chi connectivity index (χ4v) is 6.90. The van der Waals surface area contributed by atoms with Crippen molar-refractivity contribution in [1.29, 1.82) is 5.26 Å². The molecule has 0 N–H and O–H groups in total. The number of fused-ring (bicyclic) bond motifs is 3. The van der Waals surface area contributed by atoms with Gasteiger partial charge >= 0.3 is 0 Å². The molecular weight excluding hydrogens is 899 g/mol. The molecule has 8 rings (SSSR count). The van der Waals surface area contributed by atoms with Crippen LogP contribution in [-0.4, -0.2) is 9.97 Å². The molecule has 4 nitrogen and oxygen atoms in total. The summed E-state index contributed by atoms with van der Waals surface area (Å²) in [5, 5.41) is 11.5. The number of hydrogen-bond acceptors (Lipinski definition) is 4. The van der Waals surface area contributed by atoms with E-state index in [2.05, 4.69) is 28.2 Å². The second-order valence-electron chi connectivity index (χ2n) is 16.5. The Labute approximate surface area is 380 Å². The fraction of sp³-hybridized carbons (Fsp3) is 0.241. The van der Waals surface area contributed by atoms with Crippen LogP contribution in [-0.2, 0) is 32.9 Å². The van der Waals surface area contributed by atoms with E-state index in [4.69, 9.17) is 20.9 Å². The van der Waals surface area contributed by atoms with Crippen molar-refractivity contribution in [2.45, 2.75) is 74.9 Å². The largest absolute Gasteiger partial charge is 0.500 e. The number of nitrogens with zero attached hydrogens (tertiary/aromatic N) is 3. The zero-order valence-corrected chi connectivity index (χ0v) is 36.2. The number of benzene rings is 5. The van der Waals surface area contributed by atoms with Gasteiger partial charge in [0, 0.05) is 58.5 Å². The van der Waals surface area contributed by atoms with Crippen molar-refractivity contribution in [3.63, 3.8) is 0 Å². The molecule has 0 aliphatic rings. The number of rotatable bonds is 6. The molecule has 8 aromatic rings. The maximum absolute atomic E-state index is 9.94. The normalized spacial score (nSPS) is 15.3. The minimum Gasteiger partial charge on any atom is -0.500 e. The Kier molecular flexibility index (Phi) is 8.85. The monoisotopic (exact) mass is 962 g/mol. The molecule has 5 aromatic carbocycles. The topological polar surface area (TPSA) is 62.7 Å². The molecule has 59 heavy (non-hydrogen) atoms. The molecule has 3 aromatic heterocycles. The van der Waals surface area contributed by atoms with Crippen LogP contribution in [0.25, 0.3) is 66.7 Å². The van der Waals surface area contributed by atoms with E-state index in [9.17, 15) is 5.26 Å². The average molecular weight is 962 g/mol. The van der Waals surface area contributed by atoms with Crippen LogP contribution in [0.1, 0.15) is 91.4 Å². The minimum atomic E-state index is -2.64. The van der Waals surface area contributed by atoms with Gasteiger partial charge in [0.15, 0.2) is 0 Å². The molecule has 0 saturated carbocycles. The Hall–Kier alpha value is -5.66. The minimum absolute atomic E-state index is 0. The van der Waals surface area contributed by atoms with Gasteiger partial charge in [-0.3, -0.25) is 0 Å². The molecule has 1 radical (unpaired) electrons. The molecule has 0 fully saturated rings. The third-order valence-corrected chi connectivity index (χ3v) is 9.32. The first-order valence-corrected chi connectivity index (χ1v) is 19.0. The van der Waals surface area contributed by atoms with Crippen molar-refractivity contribution in [3.05, 3.63) is 167 Å². The van der Waals surface area contributed by atoms with Crippen LogP contribution in [0.4, 0.5) is 0 Å². The SMILES string of the molecule is [2H]C([2H])([2H])c1c[c-]c(-c2ccc(C([2H])([2H])C(C)(C)C)cn2)cc1.[2H]c1cc(CC(C)(C)C)cc(C([2H])([2H])[2H])c1-c1cc(-c2[c-]ccc3c2oc2c(-c4ccccc4)c(C#N)ccc23)ncc1C([2H])([2H])[2H].[Ir]. The quantitative estimate of drug-likeness (QED) is 0.156. The van der Waals surface area contributed by atoms with Crippen LogP contribution >= 0.6 is 0 Å². The van der Waals surface area contributed by atoms with Gasteiger partial charge in [0.05, 0.1) is 18.6 Å². The van der Waals surface area contributed by atoms with Crippen LogP contribution in [0.2, 0.25) is 0 Å². The summed E-state index contributed by atoms with van der Waals surface area (Å²) < 4.78 is 104. The third kappa shape index (κ3) is 9.97. The fourth-order valence-electron chi connectivity index (χ4n) is 6.90. The zero-order valence-electron chi connectivity index (χ0n) is 45.8. The Bertz CT molecular complexity index is 3250. The Morgan fingerprint density at radius 1 is 0.746 bits per heavy atom. The number of hydrogen-bond donors (Lipinski definition) is 0. The maximum atomic E-state index is 9.94. The summed E-state index contributed by atoms with van der Waals surface area (Å²) in [6.07, 6.45) is 1.80. The van der Waals surface area contributed by atoms with Crippen LogP contribution in [0.15, 0.2) is 126 Å². The van der Waals surface area contributed by atoms with Crippen molar-refractivity contribution in [3.8, 4) is 50.8 Å². The summed E-state index contributed by atoms with van der Waals surface area (Å²) >= 11 is 0. The van der Waals surface area contributed by atoms with Gasteiger partial charge in [0.1, 0.15) is 5.58 Å². The van der Waals surface area contributed by atoms with Crippen LogP contribution in [0.5, 0.6) is 0 Å². The Morgan fingerprint density at radius 2 is 1.53 bits per heavy atom. The van der Waals surface area contributed by atoms with E-state index in [-0.39, 0.29) is 59.4 Å². The van der Waals surface area contributed by atoms with Crippen molar-refractivity contribution in [1.82, 2.24) is 9.97 Å². The van der Waals surface area contributed by atoms with Crippen molar-refractivity contribution in [2.75, 3.05) is 0 Å². The standard InChI is InChI=1S/C37H31N2O.C17H20N.Ir/c1-23-18-25(20-37(3,4)5)14-16-28(23)32-19-33(39-22-24(32)2)31-13-9-12-29-30-17-15-27(21-38)34(36(30)40-35(29)31)26-10-7-6-8-11-26;1-13-5-8-15(9-6-13)16-10-7-14(12-18-16)11-17(2,3)4;/h6-12,14-19,22H,20H2,1-5H3;5-8,10,12H,11H2,1-4H3;/q2*-1;/i1D3,2D3,16D;1D3,11D2;. The molecule has 0 spiro atoms. The molecule has 0 aliphatic carbocycles. The first-order chi connectivity index (χ1) is 32.5. The predicted octanol–water partition coefficient (Wildman–Crippen LogP) is 14.3. The van der Waals surface area contributed by atoms with Gasteiger partial charge in [0.2, 0.25) is 0 Å². The molecular formula is C54H51IrN3O-2. The summed E-state index contributed by atoms with van der Waals surface area (Å²) in [6, 6.07) is 37.8. The van der Waals surface area contributed by atoms with Crippen LogP contribution in [0.3, 0.4) is 0 Å². The summed E-state index contributed by atoms with van der Waals surface area (Å²) in [5.41, 5.74) is 5.52. The summed E-state index contributed by atoms with van der Waals surface area (Å²) in [6.45, 7) is 4.23. The summed E-state index contributed by atoms with van der Waals surface area (Å²) in [7, 11) is 0. The van der Waals surface area contributed by atoms with Gasteiger partial charge in [-0.05, 0) is 93.7 Å². The number of aromatic nitrogens is 2. The molecule has 299 valence electrons. The van der Waals surface area contributed by atoms with Crippen LogP contribution < -0.4 is 0 Å². The van der Waals surface area contributed by atoms with E-state index >= 15 is 0 Å². The van der Waals surface area contributed by atoms with Gasteiger partial charge < -0.3 is 14.4 Å². The third-order valence-electron chi connectivity index (χ3n) is 9.32. The molecule has 3 heterocycles. The van der Waals surface area contributed by atoms with E-state index in [0.717, 1.165) is 16.3 Å². The van der Waals surface area contributed by atoms with E-state index in [0.29, 0.717) is 62.4 Å². The molecule has 5 heteroatoms. The Morgan fingerprint density at radius 3 is 2.19 bits per heavy atom. The van der Waals surface area contributed by atoms with Gasteiger partial charge in [-0.2, -0.15) is 5.26 Å². The van der Waals surface area contributed by atoms with Gasteiger partial charge in [-0.15, -0.1) is 53.6 Å². The predicted molar refractivity (Wildman–Crippen MR) is 240 cm³/mol. The first-order valence-electron chi connectivity index (χ1n) is 25.0. The van der Waals surface area contributed by atoms with E-state index < -0.39 is 32.3 Å². The summed E-state index contributed by atoms with van der Waals surface area (Å²) in [4.78, 5) is 8.83. The Balaban J connectivity index is 0.000000290. The van der Waals surface area contributed by atoms with Crippen LogP contribution in [0, 0.1) is 54.8 Å². The van der Waals surface area contributed by atoms with Gasteiger partial charge in [-0.25, -0.2) is 0 Å². The maximum Gasteiger partial charge on any atom is 0.130 e. The average Bonchev–Trinajstić information content (AvgIpc) is 3.66. The number of pyridine rings is 2. The van der Waals surface area contributed by atoms with Crippen molar-refractivity contribution in [2.24, 2.45) is 10.8 Å². The molecule has 0 aliphatic heterocycles. The van der Waals surface area contributed by atoms with Gasteiger partial charge in [0.25, 0.3) is 0 Å². The number of nitriles is 1. The van der Waals surface area contributed by atoms with E-state index in [1.807, 2.05) is 84.0 Å². The second-order valence-corrected chi connectivity index (χ2v) is 16.5. The zero-order chi connectivity index (χ0) is 51.4. The van der Waals surface area contributed by atoms with Gasteiger partial charge in [-0.1, -0.05) is 132 Å². The second kappa shape index (κ2) is 17.7. The van der Waals surface area contributed by atoms with Crippen molar-refractivity contribution >= 4 is 21.9 Å². The first kappa shape index (κ1) is 29.5. The molecule has 0 unspecified atom stereocenters. The summed E-state index contributed by atoms with van der Waals surface area (Å²) in [5.74, 6) is 0. The smallest absolute Gasteiger partial charge is 0.130 e. The number of furan rings is 1. The number of aryl methyl sites for hydroxylation is 3. The molecule has 0 amide bonds. The molecule has 0 saturated heterocycles. The molecule has 0 bridgehead atoms. The van der Waals surface area contributed by atoms with E-state index in [1.165, 1.54) is 24.5 Å². The van der Waals surface area contributed by atoms with Crippen molar-refractivity contribution < 1.29 is 41.0 Å².